The molecule has 1 aliphatic rings. The molecule has 2 aromatic heterocycles. The van der Waals surface area contributed by atoms with E-state index in [-0.39, 0.29) is 28.2 Å². The van der Waals surface area contributed by atoms with Crippen molar-refractivity contribution in [1.29, 1.82) is 0 Å². The average molecular weight is 462 g/mol. The predicted octanol–water partition coefficient (Wildman–Crippen LogP) is 5.93. The number of aromatic nitrogens is 1. The van der Waals surface area contributed by atoms with Gasteiger partial charge in [-0.1, -0.05) is 6.07 Å². The van der Waals surface area contributed by atoms with Crippen molar-refractivity contribution in [3.8, 4) is 0 Å². The van der Waals surface area contributed by atoms with Crippen LogP contribution >= 0.6 is 11.3 Å². The first-order chi connectivity index (χ1) is 15.0. The highest BCUT2D eigenvalue weighted by molar-refractivity contribution is 7.10. The number of hydrogen-bond donors (Lipinski definition) is 1. The van der Waals surface area contributed by atoms with Crippen molar-refractivity contribution in [2.24, 2.45) is 5.41 Å². The standard InChI is InChI=1S/C25H36FN3O2S/c1-17(2)29(23(30)31)19(4)25(12-11-21-9-10-22(26)32-21)13-14-28(16-25)24(5,6)20-8-7-18(3)27-15-20/h7-10,15,17,19H,11-14,16H2,1-6H3,(H,30,31)/t19-,25?/m0/s1. The van der Waals surface area contributed by atoms with E-state index in [2.05, 4.69) is 29.8 Å². The summed E-state index contributed by atoms with van der Waals surface area (Å²) < 4.78 is 13.6. The highest BCUT2D eigenvalue weighted by atomic mass is 32.1. The molecule has 0 saturated carbocycles. The Morgan fingerprint density at radius 2 is 2.03 bits per heavy atom. The second kappa shape index (κ2) is 9.48. The zero-order chi connectivity index (χ0) is 23.7. The molecular formula is C25H36FN3O2S. The lowest BCUT2D eigenvalue weighted by molar-refractivity contribution is 0.0386. The van der Waals surface area contributed by atoms with E-state index < -0.39 is 6.09 Å². The first-order valence-electron chi connectivity index (χ1n) is 11.4. The number of carboxylic acid groups (broad SMARTS) is 1. The molecule has 0 bridgehead atoms. The van der Waals surface area contributed by atoms with E-state index in [9.17, 15) is 14.3 Å². The van der Waals surface area contributed by atoms with Gasteiger partial charge >= 0.3 is 6.09 Å². The fraction of sp³-hybridized carbons (Fsp3) is 0.600. The summed E-state index contributed by atoms with van der Waals surface area (Å²) in [5, 5.41) is 9.79. The SMILES string of the molecule is Cc1ccc(C(C)(C)N2CCC(CCc3ccc(F)s3)([C@H](C)N(C(=O)O)C(C)C)C2)cn1. The van der Waals surface area contributed by atoms with Crippen LogP contribution in [0.4, 0.5) is 9.18 Å². The molecule has 1 aliphatic heterocycles. The molecule has 1 amide bonds. The summed E-state index contributed by atoms with van der Waals surface area (Å²) in [6.07, 6.45) is 3.55. The molecule has 0 radical (unpaired) electrons. The van der Waals surface area contributed by atoms with E-state index in [1.165, 1.54) is 17.4 Å². The number of nitrogens with zero attached hydrogens (tertiary/aromatic N) is 3. The van der Waals surface area contributed by atoms with Crippen LogP contribution in [0.15, 0.2) is 30.5 Å². The summed E-state index contributed by atoms with van der Waals surface area (Å²) >= 11 is 1.19. The van der Waals surface area contributed by atoms with E-state index in [1.807, 2.05) is 46.0 Å². The minimum atomic E-state index is -0.880. The van der Waals surface area contributed by atoms with Crippen molar-refractivity contribution < 1.29 is 14.3 Å². The van der Waals surface area contributed by atoms with Gasteiger partial charge in [-0.25, -0.2) is 4.79 Å². The average Bonchev–Trinajstić information content (AvgIpc) is 3.33. The number of thiophene rings is 1. The van der Waals surface area contributed by atoms with E-state index in [0.29, 0.717) is 0 Å². The Balaban J connectivity index is 1.90. The molecule has 2 aromatic rings. The van der Waals surface area contributed by atoms with E-state index in [1.54, 1.807) is 4.90 Å². The molecule has 7 heteroatoms. The predicted molar refractivity (Wildman–Crippen MR) is 128 cm³/mol. The maximum absolute atomic E-state index is 13.6. The van der Waals surface area contributed by atoms with Crippen molar-refractivity contribution >= 4 is 17.4 Å². The molecule has 5 nitrogen and oxygen atoms in total. The molecule has 1 unspecified atom stereocenters. The normalized spacial score (nSPS) is 20.6. The van der Waals surface area contributed by atoms with Crippen LogP contribution in [-0.4, -0.2) is 51.2 Å². The van der Waals surface area contributed by atoms with Gasteiger partial charge in [-0.05, 0) is 91.1 Å². The molecule has 32 heavy (non-hydrogen) atoms. The lowest BCUT2D eigenvalue weighted by Gasteiger charge is -2.44. The zero-order valence-electron chi connectivity index (χ0n) is 20.1. The first-order valence-corrected chi connectivity index (χ1v) is 12.2. The van der Waals surface area contributed by atoms with Crippen LogP contribution in [0.5, 0.6) is 0 Å². The number of amides is 1. The Morgan fingerprint density at radius 3 is 2.56 bits per heavy atom. The Kier molecular flexibility index (Phi) is 7.30. The Morgan fingerprint density at radius 1 is 1.31 bits per heavy atom. The van der Waals surface area contributed by atoms with Gasteiger partial charge in [0.25, 0.3) is 0 Å². The Labute approximate surface area is 195 Å². The van der Waals surface area contributed by atoms with Crippen LogP contribution in [-0.2, 0) is 12.0 Å². The Bertz CT molecular complexity index is 928. The van der Waals surface area contributed by atoms with Gasteiger partial charge in [0.2, 0.25) is 0 Å². The lowest BCUT2D eigenvalue weighted by Crippen LogP contribution is -2.53. The van der Waals surface area contributed by atoms with Gasteiger partial charge < -0.3 is 10.0 Å². The quantitative estimate of drug-likeness (QED) is 0.530. The van der Waals surface area contributed by atoms with Gasteiger partial charge in [0, 0.05) is 46.4 Å². The number of rotatable bonds is 8. The molecule has 176 valence electrons. The second-order valence-corrected chi connectivity index (χ2v) is 11.1. The van der Waals surface area contributed by atoms with Crippen molar-refractivity contribution in [3.63, 3.8) is 0 Å². The Hall–Kier alpha value is -1.99. The maximum Gasteiger partial charge on any atom is 0.407 e. The number of halogens is 1. The van der Waals surface area contributed by atoms with Gasteiger partial charge in [-0.15, -0.1) is 11.3 Å². The maximum atomic E-state index is 13.6. The van der Waals surface area contributed by atoms with Gasteiger partial charge in [0.1, 0.15) is 0 Å². The van der Waals surface area contributed by atoms with Crippen LogP contribution in [0.25, 0.3) is 0 Å². The number of carbonyl (C=O) groups is 1. The van der Waals surface area contributed by atoms with Crippen molar-refractivity contribution in [3.05, 3.63) is 51.7 Å². The minimum absolute atomic E-state index is 0.109. The van der Waals surface area contributed by atoms with E-state index in [0.717, 1.165) is 48.5 Å². The summed E-state index contributed by atoms with van der Waals surface area (Å²) in [6.45, 7) is 14.0. The monoisotopic (exact) mass is 461 g/mol. The summed E-state index contributed by atoms with van der Waals surface area (Å²) in [5.74, 6) is 0. The molecule has 0 spiro atoms. The molecule has 3 rings (SSSR count). The van der Waals surface area contributed by atoms with Gasteiger partial charge in [-0.2, -0.15) is 4.39 Å². The van der Waals surface area contributed by atoms with E-state index >= 15 is 0 Å². The number of hydrogen-bond acceptors (Lipinski definition) is 4. The fourth-order valence-electron chi connectivity index (χ4n) is 5.13. The molecular weight excluding hydrogens is 425 g/mol. The zero-order valence-corrected chi connectivity index (χ0v) is 20.9. The topological polar surface area (TPSA) is 56.7 Å². The number of aryl methyl sites for hydroxylation is 2. The van der Waals surface area contributed by atoms with Gasteiger partial charge in [0.05, 0.1) is 0 Å². The summed E-state index contributed by atoms with van der Waals surface area (Å²) in [5.41, 5.74) is 1.72. The number of likely N-dealkylation sites (tertiary alicyclic amines) is 1. The van der Waals surface area contributed by atoms with Crippen LogP contribution in [0.2, 0.25) is 0 Å². The highest BCUT2D eigenvalue weighted by Gasteiger charge is 2.49. The molecule has 0 aromatic carbocycles. The first kappa shape index (κ1) is 24.6. The largest absolute Gasteiger partial charge is 0.465 e. The van der Waals surface area contributed by atoms with Crippen LogP contribution in [0.3, 0.4) is 0 Å². The number of pyridine rings is 1. The van der Waals surface area contributed by atoms with Gasteiger partial charge in [-0.3, -0.25) is 9.88 Å². The van der Waals surface area contributed by atoms with Gasteiger partial charge in [0.15, 0.2) is 5.13 Å². The minimum Gasteiger partial charge on any atom is -0.465 e. The second-order valence-electron chi connectivity index (χ2n) is 9.95. The van der Waals surface area contributed by atoms with Crippen LogP contribution in [0.1, 0.15) is 63.6 Å². The molecule has 1 N–H and O–H groups in total. The summed E-state index contributed by atoms with van der Waals surface area (Å²) in [4.78, 5) is 21.7. The molecule has 2 atom stereocenters. The van der Waals surface area contributed by atoms with E-state index in [4.69, 9.17) is 0 Å². The third-order valence-electron chi connectivity index (χ3n) is 7.37. The van der Waals surface area contributed by atoms with Crippen molar-refractivity contribution in [1.82, 2.24) is 14.8 Å². The summed E-state index contributed by atoms with van der Waals surface area (Å²) in [7, 11) is 0. The summed E-state index contributed by atoms with van der Waals surface area (Å²) in [6, 6.07) is 7.28. The fourth-order valence-corrected chi connectivity index (χ4v) is 5.85. The molecule has 3 heterocycles. The lowest BCUT2D eigenvalue weighted by atomic mass is 9.75. The smallest absolute Gasteiger partial charge is 0.407 e. The van der Waals surface area contributed by atoms with Crippen molar-refractivity contribution in [2.45, 2.75) is 78.4 Å². The third kappa shape index (κ3) is 4.99. The molecule has 0 aliphatic carbocycles. The molecule has 1 fully saturated rings. The highest BCUT2D eigenvalue weighted by Crippen LogP contribution is 2.45. The molecule has 1 saturated heterocycles. The van der Waals surface area contributed by atoms with Crippen LogP contribution in [0, 0.1) is 17.5 Å². The van der Waals surface area contributed by atoms with Crippen LogP contribution < -0.4 is 0 Å². The third-order valence-corrected chi connectivity index (χ3v) is 8.31. The van der Waals surface area contributed by atoms with Crippen molar-refractivity contribution in [2.75, 3.05) is 13.1 Å².